The first kappa shape index (κ1) is 14.3. The van der Waals surface area contributed by atoms with Crippen LogP contribution in [-0.2, 0) is 6.18 Å². The van der Waals surface area contributed by atoms with Crippen LogP contribution in [0, 0.1) is 0 Å². The van der Waals surface area contributed by atoms with Gasteiger partial charge in [-0.3, -0.25) is 0 Å². The van der Waals surface area contributed by atoms with Crippen LogP contribution in [0.5, 0.6) is 0 Å². The number of rotatable bonds is 0. The maximum Gasteiger partial charge on any atom is 0.433 e. The van der Waals surface area contributed by atoms with Gasteiger partial charge in [0.15, 0.2) is 0 Å². The van der Waals surface area contributed by atoms with Gasteiger partial charge in [0, 0.05) is 11.1 Å². The molecule has 2 rings (SSSR count). The van der Waals surface area contributed by atoms with E-state index in [1.807, 2.05) is 0 Å². The highest BCUT2D eigenvalue weighted by atomic mass is 19.4. The molecular formula is C13H15F3N2. The molecule has 0 atom stereocenters. The largest absolute Gasteiger partial charge is 0.433 e. The van der Waals surface area contributed by atoms with Crippen LogP contribution >= 0.6 is 0 Å². The summed E-state index contributed by atoms with van der Waals surface area (Å²) in [5.74, 6) is 0. The molecule has 0 aliphatic carbocycles. The van der Waals surface area contributed by atoms with Gasteiger partial charge in [-0.15, -0.1) is 0 Å². The number of fused-ring (bicyclic) bond motifs is 1. The van der Waals surface area contributed by atoms with Crippen LogP contribution in [0.4, 0.5) is 18.9 Å². The molecule has 5 heteroatoms. The number of para-hydroxylation sites is 1. The number of aromatic nitrogens is 1. The van der Waals surface area contributed by atoms with Crippen molar-refractivity contribution in [1.82, 2.24) is 4.98 Å². The molecule has 0 aliphatic rings. The second kappa shape index (κ2) is 5.71. The molecule has 1 aromatic heterocycles. The Morgan fingerprint density at radius 3 is 2.28 bits per heavy atom. The highest BCUT2D eigenvalue weighted by molar-refractivity contribution is 5.90. The van der Waals surface area contributed by atoms with Crippen LogP contribution in [-0.4, -0.2) is 4.98 Å². The minimum atomic E-state index is -4.46. The van der Waals surface area contributed by atoms with Crippen LogP contribution in [0.2, 0.25) is 0 Å². The summed E-state index contributed by atoms with van der Waals surface area (Å²) in [5.41, 5.74) is 4.90. The molecule has 1 aromatic carbocycles. The molecule has 1 heterocycles. The van der Waals surface area contributed by atoms with Gasteiger partial charge in [0.25, 0.3) is 0 Å². The Kier molecular flexibility index (Phi) is 4.53. The lowest BCUT2D eigenvalue weighted by Crippen LogP contribution is -2.08. The zero-order valence-electron chi connectivity index (χ0n) is 10.3. The average molecular weight is 256 g/mol. The van der Waals surface area contributed by atoms with E-state index in [4.69, 9.17) is 5.73 Å². The molecule has 0 aliphatic heterocycles. The molecule has 2 N–H and O–H groups in total. The van der Waals surface area contributed by atoms with Gasteiger partial charge in [-0.25, -0.2) is 4.98 Å². The number of nitrogen functional groups attached to an aromatic ring is 1. The highest BCUT2D eigenvalue weighted by Gasteiger charge is 2.33. The van der Waals surface area contributed by atoms with E-state index in [0.29, 0.717) is 5.39 Å². The second-order valence-corrected chi connectivity index (χ2v) is 3.82. The Balaban J connectivity index is 0.000000492. The summed E-state index contributed by atoms with van der Waals surface area (Å²) >= 11 is 0. The van der Waals surface area contributed by atoms with Crippen molar-refractivity contribution in [2.75, 3.05) is 5.73 Å². The van der Waals surface area contributed by atoms with Crippen molar-refractivity contribution in [3.8, 4) is 0 Å². The van der Waals surface area contributed by atoms with Crippen molar-refractivity contribution in [3.63, 3.8) is 0 Å². The van der Waals surface area contributed by atoms with Gasteiger partial charge in [-0.2, -0.15) is 13.2 Å². The summed E-state index contributed by atoms with van der Waals surface area (Å²) in [6.07, 6.45) is -3.21. The van der Waals surface area contributed by atoms with Crippen molar-refractivity contribution in [2.45, 2.75) is 26.4 Å². The lowest BCUT2D eigenvalue weighted by molar-refractivity contribution is -0.140. The van der Waals surface area contributed by atoms with E-state index in [-0.39, 0.29) is 11.2 Å². The van der Waals surface area contributed by atoms with Crippen molar-refractivity contribution in [1.29, 1.82) is 0 Å². The van der Waals surface area contributed by atoms with Gasteiger partial charge in [-0.05, 0) is 12.1 Å². The summed E-state index contributed by atoms with van der Waals surface area (Å²) in [6, 6.07) is 7.31. The molecule has 0 spiro atoms. The number of hydrogen-bond acceptors (Lipinski definition) is 2. The fraction of sp³-hybridized carbons (Fsp3) is 0.308. The average Bonchev–Trinajstić information content (AvgIpc) is 2.29. The van der Waals surface area contributed by atoms with Gasteiger partial charge in [-0.1, -0.05) is 38.5 Å². The van der Waals surface area contributed by atoms with Crippen LogP contribution in [0.15, 0.2) is 30.3 Å². The number of alkyl halides is 3. The van der Waals surface area contributed by atoms with E-state index in [1.165, 1.54) is 12.5 Å². The molecule has 0 saturated heterocycles. The number of nitrogens with zero attached hydrogens (tertiary/aromatic N) is 1. The van der Waals surface area contributed by atoms with Crippen LogP contribution < -0.4 is 5.73 Å². The molecule has 2 aromatic rings. The number of halogens is 3. The first-order chi connectivity index (χ1) is 8.40. The molecular weight excluding hydrogens is 241 g/mol. The SMILES string of the molecule is CCC.Nc1cc(C(F)(F)F)nc2ccccc12. The van der Waals surface area contributed by atoms with Crippen LogP contribution in [0.25, 0.3) is 10.9 Å². The van der Waals surface area contributed by atoms with Gasteiger partial charge in [0.1, 0.15) is 5.69 Å². The summed E-state index contributed by atoms with van der Waals surface area (Å²) in [4.78, 5) is 3.50. The third-order valence-electron chi connectivity index (χ3n) is 2.04. The van der Waals surface area contributed by atoms with Crippen molar-refractivity contribution >= 4 is 16.6 Å². The number of nitrogens with two attached hydrogens (primary N) is 1. The Morgan fingerprint density at radius 1 is 1.17 bits per heavy atom. The molecule has 0 saturated carbocycles. The second-order valence-electron chi connectivity index (χ2n) is 3.82. The van der Waals surface area contributed by atoms with Crippen molar-refractivity contribution in [2.24, 2.45) is 0 Å². The quantitative estimate of drug-likeness (QED) is 0.765. The van der Waals surface area contributed by atoms with Crippen molar-refractivity contribution in [3.05, 3.63) is 36.0 Å². The zero-order valence-corrected chi connectivity index (χ0v) is 10.3. The van der Waals surface area contributed by atoms with E-state index < -0.39 is 11.9 Å². The summed E-state index contributed by atoms with van der Waals surface area (Å²) in [7, 11) is 0. The first-order valence-electron chi connectivity index (χ1n) is 5.62. The van der Waals surface area contributed by atoms with Gasteiger partial charge < -0.3 is 5.73 Å². The smallest absolute Gasteiger partial charge is 0.398 e. The molecule has 0 amide bonds. The normalized spacial score (nSPS) is 10.9. The van der Waals surface area contributed by atoms with Gasteiger partial charge >= 0.3 is 6.18 Å². The highest BCUT2D eigenvalue weighted by Crippen LogP contribution is 2.31. The maximum atomic E-state index is 12.4. The Bertz CT molecular complexity index is 521. The van der Waals surface area contributed by atoms with Crippen molar-refractivity contribution < 1.29 is 13.2 Å². The van der Waals surface area contributed by atoms with Crippen LogP contribution in [0.3, 0.4) is 0 Å². The Morgan fingerprint density at radius 2 is 1.72 bits per heavy atom. The number of anilines is 1. The monoisotopic (exact) mass is 256 g/mol. The number of pyridine rings is 1. The topological polar surface area (TPSA) is 38.9 Å². The third kappa shape index (κ3) is 3.35. The number of hydrogen-bond donors (Lipinski definition) is 1. The van der Waals surface area contributed by atoms with Gasteiger partial charge in [0.05, 0.1) is 5.52 Å². The zero-order chi connectivity index (χ0) is 13.8. The van der Waals surface area contributed by atoms with Gasteiger partial charge in [0.2, 0.25) is 0 Å². The molecule has 98 valence electrons. The minimum Gasteiger partial charge on any atom is -0.398 e. The lowest BCUT2D eigenvalue weighted by Gasteiger charge is -2.08. The standard InChI is InChI=1S/C10H7F3N2.C3H8/c11-10(12,13)9-5-7(14)6-3-1-2-4-8(6)15-9;1-3-2/h1-5H,(H2,14,15);3H2,1-2H3. The molecule has 0 radical (unpaired) electrons. The maximum absolute atomic E-state index is 12.4. The Hall–Kier alpha value is -1.78. The van der Waals surface area contributed by atoms with E-state index in [0.717, 1.165) is 6.07 Å². The lowest BCUT2D eigenvalue weighted by atomic mass is 10.1. The minimum absolute atomic E-state index is 0.0907. The molecule has 2 nitrogen and oxygen atoms in total. The predicted octanol–water partition coefficient (Wildman–Crippen LogP) is 4.25. The van der Waals surface area contributed by atoms with E-state index >= 15 is 0 Å². The summed E-state index contributed by atoms with van der Waals surface area (Å²) in [6.45, 7) is 4.25. The van der Waals surface area contributed by atoms with E-state index in [1.54, 1.807) is 18.2 Å². The molecule has 0 fully saturated rings. The fourth-order valence-corrected chi connectivity index (χ4v) is 1.35. The third-order valence-corrected chi connectivity index (χ3v) is 2.04. The van der Waals surface area contributed by atoms with Crippen LogP contribution in [0.1, 0.15) is 26.0 Å². The van der Waals surface area contributed by atoms with E-state index in [2.05, 4.69) is 18.8 Å². The number of benzene rings is 1. The molecule has 0 unspecified atom stereocenters. The molecule has 0 bridgehead atoms. The molecule has 18 heavy (non-hydrogen) atoms. The summed E-state index contributed by atoms with van der Waals surface area (Å²) in [5, 5.41) is 0.533. The Labute approximate surface area is 104 Å². The first-order valence-corrected chi connectivity index (χ1v) is 5.62. The van der Waals surface area contributed by atoms with E-state index in [9.17, 15) is 13.2 Å². The predicted molar refractivity (Wildman–Crippen MR) is 67.1 cm³/mol. The summed E-state index contributed by atoms with van der Waals surface area (Å²) < 4.78 is 37.1. The fourth-order valence-electron chi connectivity index (χ4n) is 1.35.